The number of nitrogens with one attached hydrogen (secondary N) is 1. The molecule has 3 nitrogen and oxygen atoms in total. The number of fused-ring (bicyclic) bond motifs is 2. The fraction of sp³-hybridized carbons (Fsp3) is 0.500. The minimum Gasteiger partial charge on any atom is -0.317 e. The molecule has 4 rings (SSSR count). The van der Waals surface area contributed by atoms with Crippen molar-refractivity contribution in [2.75, 3.05) is 18.0 Å². The molecule has 1 spiro atoms. The lowest BCUT2D eigenvalue weighted by Crippen LogP contribution is -2.52. The van der Waals surface area contributed by atoms with Gasteiger partial charge in [0.05, 0.1) is 0 Å². The Labute approximate surface area is 183 Å². The van der Waals surface area contributed by atoms with Gasteiger partial charge in [-0.2, -0.15) is 0 Å². The molecule has 0 saturated carbocycles. The summed E-state index contributed by atoms with van der Waals surface area (Å²) in [6, 6.07) is 9.79. The summed E-state index contributed by atoms with van der Waals surface area (Å²) in [6.45, 7) is 10.4. The number of rotatable bonds is 3. The van der Waals surface area contributed by atoms with Crippen LogP contribution >= 0.6 is 0 Å². The highest BCUT2D eigenvalue weighted by Crippen LogP contribution is 2.53. The number of amides is 1. The van der Waals surface area contributed by atoms with E-state index >= 15 is 0 Å². The van der Waals surface area contributed by atoms with E-state index in [-0.39, 0.29) is 16.9 Å². The van der Waals surface area contributed by atoms with Crippen LogP contribution in [0.2, 0.25) is 0 Å². The maximum atomic E-state index is 14.6. The highest BCUT2D eigenvalue weighted by Gasteiger charge is 2.53. The summed E-state index contributed by atoms with van der Waals surface area (Å²) < 4.78 is 29.2. The Morgan fingerprint density at radius 2 is 1.77 bits per heavy atom. The summed E-state index contributed by atoms with van der Waals surface area (Å²) in [5.41, 5.74) is 2.49. The zero-order chi connectivity index (χ0) is 22.4. The Bertz CT molecular complexity index is 969. The minimum absolute atomic E-state index is 0.0293. The number of hydrogen-bond donors (Lipinski definition) is 1. The molecule has 0 bridgehead atoms. The Morgan fingerprint density at radius 1 is 1.13 bits per heavy atom. The van der Waals surface area contributed by atoms with E-state index in [4.69, 9.17) is 0 Å². The van der Waals surface area contributed by atoms with Crippen LogP contribution in [0.15, 0.2) is 36.4 Å². The molecule has 2 aliphatic rings. The van der Waals surface area contributed by atoms with E-state index in [2.05, 4.69) is 45.1 Å². The van der Waals surface area contributed by atoms with Crippen LogP contribution in [0.4, 0.5) is 14.5 Å². The van der Waals surface area contributed by atoms with E-state index in [9.17, 15) is 13.6 Å². The Hall–Kier alpha value is -2.27. The summed E-state index contributed by atoms with van der Waals surface area (Å²) >= 11 is 0. The van der Waals surface area contributed by atoms with Crippen molar-refractivity contribution < 1.29 is 13.6 Å². The van der Waals surface area contributed by atoms with Crippen molar-refractivity contribution in [3.63, 3.8) is 0 Å². The molecule has 166 valence electrons. The smallest absolute Gasteiger partial charge is 0.264 e. The second kappa shape index (κ2) is 8.01. The van der Waals surface area contributed by atoms with Gasteiger partial charge in [0, 0.05) is 17.1 Å². The van der Waals surface area contributed by atoms with E-state index in [1.54, 1.807) is 4.90 Å². The molecule has 2 heterocycles. The van der Waals surface area contributed by atoms with Crippen LogP contribution < -0.4 is 10.2 Å². The van der Waals surface area contributed by atoms with Crippen LogP contribution in [-0.2, 0) is 10.8 Å². The number of carbonyl (C=O) groups is 1. The van der Waals surface area contributed by atoms with E-state index in [0.29, 0.717) is 0 Å². The zero-order valence-corrected chi connectivity index (χ0v) is 18.9. The van der Waals surface area contributed by atoms with Gasteiger partial charge >= 0.3 is 0 Å². The first-order valence-electron chi connectivity index (χ1n) is 11.3. The van der Waals surface area contributed by atoms with Gasteiger partial charge < -0.3 is 10.2 Å². The topological polar surface area (TPSA) is 32.3 Å². The molecule has 1 fully saturated rings. The van der Waals surface area contributed by atoms with Crippen molar-refractivity contribution in [3.05, 3.63) is 64.7 Å². The molecule has 1 amide bonds. The number of carbonyl (C=O) groups excluding carboxylic acids is 1. The zero-order valence-electron chi connectivity index (χ0n) is 18.9. The third-order valence-corrected chi connectivity index (χ3v) is 7.06. The molecule has 0 aromatic heterocycles. The number of nitrogens with zero attached hydrogens (tertiary/aromatic N) is 1. The molecule has 5 heteroatoms. The highest BCUT2D eigenvalue weighted by atomic mass is 19.1. The normalized spacial score (nSPS) is 20.2. The largest absolute Gasteiger partial charge is 0.317 e. The monoisotopic (exact) mass is 426 g/mol. The van der Waals surface area contributed by atoms with Crippen LogP contribution in [0, 0.1) is 11.6 Å². The molecule has 0 unspecified atom stereocenters. The van der Waals surface area contributed by atoms with Crippen molar-refractivity contribution in [2.24, 2.45) is 0 Å². The van der Waals surface area contributed by atoms with Gasteiger partial charge in [-0.25, -0.2) is 8.78 Å². The lowest BCUT2D eigenvalue weighted by molar-refractivity contribution is 0.0953. The molecule has 0 radical (unpaired) electrons. The first-order chi connectivity index (χ1) is 14.7. The second-order valence-electron chi connectivity index (χ2n) is 9.96. The van der Waals surface area contributed by atoms with Crippen LogP contribution in [0.5, 0.6) is 0 Å². The van der Waals surface area contributed by atoms with E-state index in [1.807, 2.05) is 6.07 Å². The van der Waals surface area contributed by atoms with Gasteiger partial charge in [-0.15, -0.1) is 0 Å². The van der Waals surface area contributed by atoms with E-state index in [0.717, 1.165) is 62.2 Å². The number of anilines is 1. The van der Waals surface area contributed by atoms with Crippen LogP contribution in [-0.4, -0.2) is 25.0 Å². The third-order valence-electron chi connectivity index (χ3n) is 7.06. The number of benzene rings is 2. The molecular weight excluding hydrogens is 394 g/mol. The van der Waals surface area contributed by atoms with Gasteiger partial charge in [0.1, 0.15) is 17.2 Å². The van der Waals surface area contributed by atoms with Crippen LogP contribution in [0.25, 0.3) is 0 Å². The van der Waals surface area contributed by atoms with Crippen molar-refractivity contribution in [3.8, 4) is 0 Å². The van der Waals surface area contributed by atoms with Crippen LogP contribution in [0.1, 0.15) is 74.9 Å². The summed E-state index contributed by atoms with van der Waals surface area (Å²) in [5.74, 6) is -2.19. The fourth-order valence-corrected chi connectivity index (χ4v) is 5.43. The van der Waals surface area contributed by atoms with E-state index < -0.39 is 23.1 Å². The molecule has 2 aromatic rings. The van der Waals surface area contributed by atoms with E-state index in [1.165, 1.54) is 11.6 Å². The molecule has 31 heavy (non-hydrogen) atoms. The third kappa shape index (κ3) is 3.57. The Balaban J connectivity index is 1.92. The minimum atomic E-state index is -0.806. The summed E-state index contributed by atoms with van der Waals surface area (Å²) in [6.07, 6.45) is 3.49. The molecule has 2 aliphatic heterocycles. The standard InChI is InChI=1S/C26H32F2N2O/c1-5-7-22-26(12-14-29-15-13-26)18-16-17(25(2,3)4)10-11-21(18)30(22)24(31)23-19(27)8-6-9-20(23)28/h6,8-11,16,22,29H,5,7,12-15H2,1-4H3/t22-/m1/s1. The number of hydrogen-bond acceptors (Lipinski definition) is 2. The molecular formula is C26H32F2N2O. The van der Waals surface area contributed by atoms with Crippen molar-refractivity contribution >= 4 is 11.6 Å². The fourth-order valence-electron chi connectivity index (χ4n) is 5.43. The van der Waals surface area contributed by atoms with Gasteiger partial charge in [0.2, 0.25) is 0 Å². The van der Waals surface area contributed by atoms with Crippen LogP contribution in [0.3, 0.4) is 0 Å². The first-order valence-corrected chi connectivity index (χ1v) is 11.3. The predicted octanol–water partition coefficient (Wildman–Crippen LogP) is 5.71. The Morgan fingerprint density at radius 3 is 2.35 bits per heavy atom. The van der Waals surface area contributed by atoms with Crippen molar-refractivity contribution in [1.29, 1.82) is 0 Å². The molecule has 0 aliphatic carbocycles. The first kappa shape index (κ1) is 21.9. The molecule has 1 N–H and O–H groups in total. The molecule has 1 atom stereocenters. The lowest BCUT2D eigenvalue weighted by Gasteiger charge is -2.42. The second-order valence-corrected chi connectivity index (χ2v) is 9.96. The lowest BCUT2D eigenvalue weighted by atomic mass is 9.68. The summed E-state index contributed by atoms with van der Waals surface area (Å²) in [7, 11) is 0. The maximum Gasteiger partial charge on any atom is 0.264 e. The molecule has 2 aromatic carbocycles. The predicted molar refractivity (Wildman–Crippen MR) is 121 cm³/mol. The average Bonchev–Trinajstić information content (AvgIpc) is 2.97. The number of halogens is 2. The van der Waals surface area contributed by atoms with Crippen molar-refractivity contribution in [1.82, 2.24) is 5.32 Å². The van der Waals surface area contributed by atoms with Crippen molar-refractivity contribution in [2.45, 2.75) is 70.3 Å². The highest BCUT2D eigenvalue weighted by molar-refractivity contribution is 6.08. The summed E-state index contributed by atoms with van der Waals surface area (Å²) in [4.78, 5) is 15.4. The van der Waals surface area contributed by atoms with Gasteiger partial charge in [0.25, 0.3) is 5.91 Å². The van der Waals surface area contributed by atoms with Gasteiger partial charge in [-0.05, 0) is 67.1 Å². The van der Waals surface area contributed by atoms with Gasteiger partial charge in [-0.1, -0.05) is 52.3 Å². The SMILES string of the molecule is CCC[C@H]1N(C(=O)c2c(F)cccc2F)c2ccc(C(C)(C)C)cc2C12CCNCC2. The summed E-state index contributed by atoms with van der Waals surface area (Å²) in [5, 5.41) is 3.44. The number of piperidine rings is 1. The Kier molecular flexibility index (Phi) is 5.67. The molecule has 1 saturated heterocycles. The van der Waals surface area contributed by atoms with Gasteiger partial charge in [-0.3, -0.25) is 4.79 Å². The quantitative estimate of drug-likeness (QED) is 0.682. The average molecular weight is 427 g/mol. The maximum absolute atomic E-state index is 14.6. The van der Waals surface area contributed by atoms with Gasteiger partial charge in [0.15, 0.2) is 0 Å².